The van der Waals surface area contributed by atoms with E-state index in [0.29, 0.717) is 25.4 Å². The molecule has 1 aliphatic rings. The predicted molar refractivity (Wildman–Crippen MR) is 82.1 cm³/mol. The fraction of sp³-hybridized carbons (Fsp3) is 0.625. The molecule has 20 heavy (non-hydrogen) atoms. The summed E-state index contributed by atoms with van der Waals surface area (Å²) in [4.78, 5) is 0. The van der Waals surface area contributed by atoms with E-state index in [1.165, 1.54) is 0 Å². The highest BCUT2D eigenvalue weighted by Crippen LogP contribution is 2.20. The van der Waals surface area contributed by atoms with Gasteiger partial charge in [-0.2, -0.15) is 0 Å². The lowest BCUT2D eigenvalue weighted by Gasteiger charge is -2.16. The van der Waals surface area contributed by atoms with Crippen molar-refractivity contribution in [3.63, 3.8) is 0 Å². The zero-order valence-electron chi connectivity index (χ0n) is 12.3. The van der Waals surface area contributed by atoms with Crippen LogP contribution in [0.3, 0.4) is 0 Å². The second-order valence-electron chi connectivity index (χ2n) is 5.66. The maximum atomic E-state index is 5.96. The minimum Gasteiger partial charge on any atom is -0.374 e. The molecule has 2 atom stereocenters. The lowest BCUT2D eigenvalue weighted by molar-refractivity contribution is -0.0194. The fourth-order valence-corrected chi connectivity index (χ4v) is 2.43. The molecule has 112 valence electrons. The number of rotatable bonds is 7. The van der Waals surface area contributed by atoms with Crippen LogP contribution in [-0.4, -0.2) is 31.4 Å². The molecule has 1 N–H and O–H groups in total. The van der Waals surface area contributed by atoms with Crippen molar-refractivity contribution in [2.24, 2.45) is 0 Å². The maximum absolute atomic E-state index is 5.96. The van der Waals surface area contributed by atoms with Crippen LogP contribution in [0.5, 0.6) is 0 Å². The van der Waals surface area contributed by atoms with Crippen LogP contribution in [0, 0.1) is 0 Å². The Morgan fingerprint density at radius 1 is 1.25 bits per heavy atom. The minimum absolute atomic E-state index is 0.237. The summed E-state index contributed by atoms with van der Waals surface area (Å²) in [6.07, 6.45) is 2.78. The molecule has 1 fully saturated rings. The van der Waals surface area contributed by atoms with E-state index in [9.17, 15) is 0 Å². The van der Waals surface area contributed by atoms with Gasteiger partial charge in [-0.25, -0.2) is 0 Å². The SMILES string of the molecule is CC(C)NCC1CCC(COCc2ccc(Cl)cc2)O1. The van der Waals surface area contributed by atoms with Gasteiger partial charge in [0.05, 0.1) is 25.4 Å². The molecular formula is C16H24ClNO2. The van der Waals surface area contributed by atoms with Gasteiger partial charge in [-0.05, 0) is 30.5 Å². The van der Waals surface area contributed by atoms with Crippen molar-refractivity contribution in [2.45, 2.75) is 51.5 Å². The van der Waals surface area contributed by atoms with Gasteiger partial charge in [0, 0.05) is 17.6 Å². The van der Waals surface area contributed by atoms with Crippen LogP contribution < -0.4 is 5.32 Å². The molecular weight excluding hydrogens is 274 g/mol. The Labute approximate surface area is 126 Å². The molecule has 1 aliphatic heterocycles. The Morgan fingerprint density at radius 3 is 2.65 bits per heavy atom. The van der Waals surface area contributed by atoms with E-state index in [2.05, 4.69) is 19.2 Å². The Morgan fingerprint density at radius 2 is 1.95 bits per heavy atom. The molecule has 0 amide bonds. The van der Waals surface area contributed by atoms with E-state index in [4.69, 9.17) is 21.1 Å². The highest BCUT2D eigenvalue weighted by Gasteiger charge is 2.25. The number of nitrogens with one attached hydrogen (secondary N) is 1. The van der Waals surface area contributed by atoms with Crippen LogP contribution >= 0.6 is 11.6 Å². The summed E-state index contributed by atoms with van der Waals surface area (Å²) in [6.45, 7) is 6.53. The maximum Gasteiger partial charge on any atom is 0.0814 e. The summed E-state index contributed by atoms with van der Waals surface area (Å²) < 4.78 is 11.7. The van der Waals surface area contributed by atoms with Crippen molar-refractivity contribution >= 4 is 11.6 Å². The molecule has 3 nitrogen and oxygen atoms in total. The second-order valence-corrected chi connectivity index (χ2v) is 6.10. The Hall–Kier alpha value is -0.610. The van der Waals surface area contributed by atoms with Crippen molar-refractivity contribution in [1.82, 2.24) is 5.32 Å². The van der Waals surface area contributed by atoms with Gasteiger partial charge in [0.2, 0.25) is 0 Å². The van der Waals surface area contributed by atoms with E-state index < -0.39 is 0 Å². The third kappa shape index (κ3) is 5.41. The average Bonchev–Trinajstić information content (AvgIpc) is 2.87. The quantitative estimate of drug-likeness (QED) is 0.837. The normalized spacial score (nSPS) is 22.6. The van der Waals surface area contributed by atoms with Crippen LogP contribution in [0.1, 0.15) is 32.3 Å². The summed E-state index contributed by atoms with van der Waals surface area (Å²) in [6, 6.07) is 8.28. The van der Waals surface area contributed by atoms with E-state index in [1.807, 2.05) is 24.3 Å². The summed E-state index contributed by atoms with van der Waals surface area (Å²) >= 11 is 5.85. The first-order valence-electron chi connectivity index (χ1n) is 7.34. The number of hydrogen-bond donors (Lipinski definition) is 1. The molecule has 1 aromatic rings. The van der Waals surface area contributed by atoms with Crippen molar-refractivity contribution in [3.8, 4) is 0 Å². The molecule has 1 heterocycles. The summed E-state index contributed by atoms with van der Waals surface area (Å²) in [5.74, 6) is 0. The Bertz CT molecular complexity index is 394. The van der Waals surface area contributed by atoms with Crippen molar-refractivity contribution < 1.29 is 9.47 Å². The molecule has 0 radical (unpaired) electrons. The molecule has 1 saturated heterocycles. The number of benzene rings is 1. The third-order valence-corrected chi connectivity index (χ3v) is 3.69. The zero-order valence-corrected chi connectivity index (χ0v) is 13.0. The smallest absolute Gasteiger partial charge is 0.0814 e. The number of halogens is 1. The van der Waals surface area contributed by atoms with Crippen LogP contribution in [0.2, 0.25) is 5.02 Å². The lowest BCUT2D eigenvalue weighted by Crippen LogP contribution is -2.32. The molecule has 0 spiro atoms. The highest BCUT2D eigenvalue weighted by molar-refractivity contribution is 6.30. The molecule has 0 bridgehead atoms. The van der Waals surface area contributed by atoms with Crippen LogP contribution in [0.15, 0.2) is 24.3 Å². The van der Waals surface area contributed by atoms with Gasteiger partial charge in [-0.3, -0.25) is 0 Å². The first kappa shape index (κ1) is 15.8. The Balaban J connectivity index is 1.62. The van der Waals surface area contributed by atoms with Gasteiger partial charge < -0.3 is 14.8 Å². The van der Waals surface area contributed by atoms with E-state index in [1.54, 1.807) is 0 Å². The summed E-state index contributed by atoms with van der Waals surface area (Å²) in [5.41, 5.74) is 1.14. The minimum atomic E-state index is 0.237. The molecule has 2 rings (SSSR count). The van der Waals surface area contributed by atoms with Crippen molar-refractivity contribution in [2.75, 3.05) is 13.2 Å². The van der Waals surface area contributed by atoms with Gasteiger partial charge in [-0.15, -0.1) is 0 Å². The predicted octanol–water partition coefficient (Wildman–Crippen LogP) is 3.40. The van der Waals surface area contributed by atoms with E-state index in [-0.39, 0.29) is 6.10 Å². The summed E-state index contributed by atoms with van der Waals surface area (Å²) in [7, 11) is 0. The molecule has 4 heteroatoms. The van der Waals surface area contributed by atoms with Gasteiger partial charge in [0.1, 0.15) is 0 Å². The molecule has 1 aromatic carbocycles. The highest BCUT2D eigenvalue weighted by atomic mass is 35.5. The standard InChI is InChI=1S/C16H24ClNO2/c1-12(2)18-9-15-7-8-16(20-15)11-19-10-13-3-5-14(17)6-4-13/h3-6,12,15-16,18H,7-11H2,1-2H3. The second kappa shape index (κ2) is 7.99. The van der Waals surface area contributed by atoms with E-state index >= 15 is 0 Å². The first-order valence-corrected chi connectivity index (χ1v) is 7.72. The van der Waals surface area contributed by atoms with Gasteiger partial charge in [-0.1, -0.05) is 37.6 Å². The van der Waals surface area contributed by atoms with Crippen molar-refractivity contribution in [3.05, 3.63) is 34.9 Å². The fourth-order valence-electron chi connectivity index (χ4n) is 2.31. The molecule has 0 saturated carbocycles. The average molecular weight is 298 g/mol. The van der Waals surface area contributed by atoms with E-state index in [0.717, 1.165) is 30.0 Å². The zero-order chi connectivity index (χ0) is 14.4. The molecule has 0 aromatic heterocycles. The van der Waals surface area contributed by atoms with Gasteiger partial charge >= 0.3 is 0 Å². The van der Waals surface area contributed by atoms with Crippen LogP contribution in [0.25, 0.3) is 0 Å². The largest absolute Gasteiger partial charge is 0.374 e. The van der Waals surface area contributed by atoms with Gasteiger partial charge in [0.25, 0.3) is 0 Å². The first-order chi connectivity index (χ1) is 9.63. The lowest BCUT2D eigenvalue weighted by atomic mass is 10.2. The Kier molecular flexibility index (Phi) is 6.30. The van der Waals surface area contributed by atoms with Crippen molar-refractivity contribution in [1.29, 1.82) is 0 Å². The van der Waals surface area contributed by atoms with Gasteiger partial charge in [0.15, 0.2) is 0 Å². The van der Waals surface area contributed by atoms with Crippen LogP contribution in [-0.2, 0) is 16.1 Å². The molecule has 0 aliphatic carbocycles. The topological polar surface area (TPSA) is 30.5 Å². The monoisotopic (exact) mass is 297 g/mol. The molecule has 2 unspecified atom stereocenters. The number of ether oxygens (including phenoxy) is 2. The third-order valence-electron chi connectivity index (χ3n) is 3.44. The van der Waals surface area contributed by atoms with Crippen LogP contribution in [0.4, 0.5) is 0 Å². The number of hydrogen-bond acceptors (Lipinski definition) is 3. The summed E-state index contributed by atoms with van der Waals surface area (Å²) in [5, 5.41) is 4.17.